The van der Waals surface area contributed by atoms with E-state index in [9.17, 15) is 77.0 Å². The molecule has 0 radical (unpaired) electrons. The number of fused-ring (bicyclic) bond motifs is 2. The molecule has 0 bridgehead atoms. The summed E-state index contributed by atoms with van der Waals surface area (Å²) in [6, 6.07) is 6.74. The second-order valence-electron chi connectivity index (χ2n) is 22.9. The first kappa shape index (κ1) is 64.4. The molecule has 3 aromatic carbocycles. The maximum Gasteiger partial charge on any atom is 0.524 e. The predicted molar refractivity (Wildman–Crippen MR) is 290 cm³/mol. The molecule has 3 aliphatic carbocycles. The Hall–Kier alpha value is -7.10. The number of phosphoric acid groups is 1. The Morgan fingerprint density at radius 3 is 2.09 bits per heavy atom. The summed E-state index contributed by atoms with van der Waals surface area (Å²) < 4.78 is 220. The van der Waals surface area contributed by atoms with Crippen LogP contribution < -0.4 is 14.1 Å². The molecule has 0 unspecified atom stereocenters. The van der Waals surface area contributed by atoms with E-state index in [-0.39, 0.29) is 54.5 Å². The van der Waals surface area contributed by atoms with Gasteiger partial charge in [0.1, 0.15) is 46.6 Å². The van der Waals surface area contributed by atoms with Crippen molar-refractivity contribution in [3.8, 4) is 28.7 Å². The summed E-state index contributed by atoms with van der Waals surface area (Å²) in [5.74, 6) is -7.29. The third-order valence-corrected chi connectivity index (χ3v) is 19.2. The lowest BCUT2D eigenvalue weighted by molar-refractivity contribution is -0.143. The summed E-state index contributed by atoms with van der Waals surface area (Å²) >= 11 is 6.79. The second-order valence-corrected chi connectivity index (χ2v) is 28.9. The van der Waals surface area contributed by atoms with E-state index >= 15 is 17.6 Å². The van der Waals surface area contributed by atoms with Gasteiger partial charge in [-0.25, -0.2) is 35.2 Å². The van der Waals surface area contributed by atoms with Gasteiger partial charge in [0.25, 0.3) is 5.92 Å². The normalized spacial score (nSPS) is 18.5. The molecule has 19 nitrogen and oxygen atoms in total. The summed E-state index contributed by atoms with van der Waals surface area (Å²) in [4.78, 5) is 65.6. The number of carbonyl (C=O) groups excluding carboxylic acids is 2. The van der Waals surface area contributed by atoms with Crippen molar-refractivity contribution in [3.05, 3.63) is 122 Å². The molecule has 2 amide bonds. The first-order chi connectivity index (χ1) is 39.7. The van der Waals surface area contributed by atoms with E-state index in [1.54, 1.807) is 0 Å². The van der Waals surface area contributed by atoms with Gasteiger partial charge in [-0.3, -0.25) is 33.5 Å². The molecule has 1 atom stereocenters. The smallest absolute Gasteiger partial charge is 0.481 e. The van der Waals surface area contributed by atoms with E-state index in [0.29, 0.717) is 12.3 Å². The Morgan fingerprint density at radius 2 is 1.53 bits per heavy atom. The van der Waals surface area contributed by atoms with E-state index < -0.39 is 196 Å². The fourth-order valence-corrected chi connectivity index (χ4v) is 13.3. The van der Waals surface area contributed by atoms with Crippen molar-refractivity contribution < 1.29 is 99.1 Å². The Morgan fingerprint density at radius 1 is 0.908 bits per heavy atom. The summed E-state index contributed by atoms with van der Waals surface area (Å²) in [6.45, 7) is 2.84. The number of hydrogen-bond acceptors (Lipinski definition) is 12. The number of rotatable bonds is 18. The third kappa shape index (κ3) is 12.0. The summed E-state index contributed by atoms with van der Waals surface area (Å²) in [5, 5.41) is 18.4. The quantitative estimate of drug-likeness (QED) is 0.0355. The van der Waals surface area contributed by atoms with Crippen molar-refractivity contribution in [2.45, 2.75) is 120 Å². The molecule has 0 saturated heterocycles. The van der Waals surface area contributed by atoms with Crippen molar-refractivity contribution in [1.29, 1.82) is 0 Å². The maximum absolute atomic E-state index is 16.2. The highest BCUT2D eigenvalue weighted by molar-refractivity contribution is 7.93. The number of sulfone groups is 1. The predicted octanol–water partition coefficient (Wildman–Crippen LogP) is 9.29. The number of nitrogens with zero attached hydrogens (tertiary/aromatic N) is 6. The highest BCUT2D eigenvalue weighted by atomic mass is 35.5. The van der Waals surface area contributed by atoms with Crippen LogP contribution in [0, 0.1) is 35.8 Å². The Bertz CT molecular complexity index is 4280. The zero-order valence-electron chi connectivity index (χ0n) is 46.3. The van der Waals surface area contributed by atoms with Crippen LogP contribution in [-0.4, -0.2) is 97.5 Å². The number of hydrogen-bond donors (Lipinski definition) is 4. The molecule has 9 rings (SSSR count). The molecule has 3 aliphatic rings. The Balaban J connectivity index is 1.25. The van der Waals surface area contributed by atoms with Gasteiger partial charge in [-0.05, 0) is 99.0 Å². The lowest BCUT2D eigenvalue weighted by atomic mass is 9.77. The van der Waals surface area contributed by atoms with Gasteiger partial charge in [-0.2, -0.15) is 49.6 Å². The molecular weight excluding hydrogens is 1260 g/mol. The van der Waals surface area contributed by atoms with Crippen molar-refractivity contribution in [3.63, 3.8) is 0 Å². The molecule has 466 valence electrons. The van der Waals surface area contributed by atoms with Crippen molar-refractivity contribution in [2.24, 2.45) is 5.41 Å². The fourth-order valence-electron chi connectivity index (χ4n) is 11.5. The number of aliphatic carboxylic acids is 1. The van der Waals surface area contributed by atoms with Gasteiger partial charge in [0.15, 0.2) is 21.3 Å². The van der Waals surface area contributed by atoms with Crippen LogP contribution in [0.4, 0.5) is 49.7 Å². The third-order valence-electron chi connectivity index (χ3n) is 15.5. The van der Waals surface area contributed by atoms with Crippen molar-refractivity contribution in [2.75, 3.05) is 16.8 Å². The second kappa shape index (κ2) is 21.0. The van der Waals surface area contributed by atoms with Crippen molar-refractivity contribution >= 4 is 73.8 Å². The molecule has 6 aromatic rings. The number of carboxylic acid groups (broad SMARTS) is 1. The van der Waals surface area contributed by atoms with Crippen LogP contribution in [0.3, 0.4) is 0 Å². The molecule has 4 N–H and O–H groups in total. The van der Waals surface area contributed by atoms with Crippen LogP contribution in [0.1, 0.15) is 104 Å². The minimum Gasteiger partial charge on any atom is -0.481 e. The zero-order chi connectivity index (χ0) is 64.7. The number of alkyl halides is 8. The number of carbonyl (C=O) groups is 3. The van der Waals surface area contributed by atoms with E-state index in [4.69, 9.17) is 16.1 Å². The molecular formula is C54H49ClF10N7O12PS2. The van der Waals surface area contributed by atoms with E-state index in [1.165, 1.54) is 40.7 Å². The molecule has 33 heteroatoms. The lowest BCUT2D eigenvalue weighted by Gasteiger charge is -2.31. The first-order valence-corrected chi connectivity index (χ1v) is 31.3. The molecule has 87 heavy (non-hydrogen) atoms. The minimum atomic E-state index is -5.45. The molecule has 2 fully saturated rings. The largest absolute Gasteiger partial charge is 0.524 e. The van der Waals surface area contributed by atoms with Crippen LogP contribution in [0.2, 0.25) is 5.02 Å². The number of aryl methyl sites for hydroxylation is 1. The van der Waals surface area contributed by atoms with Crippen LogP contribution >= 0.6 is 19.4 Å². The van der Waals surface area contributed by atoms with Gasteiger partial charge in [0.2, 0.25) is 21.8 Å². The number of aromatic nitrogens is 5. The van der Waals surface area contributed by atoms with E-state index in [0.717, 1.165) is 48.7 Å². The fraction of sp³-hybridized carbons (Fsp3) is 0.407. The summed E-state index contributed by atoms with van der Waals surface area (Å²) in [6.07, 6.45) is -12.5. The number of pyridine rings is 1. The molecule has 0 spiro atoms. The van der Waals surface area contributed by atoms with E-state index in [2.05, 4.69) is 32.3 Å². The average Bonchev–Trinajstić information content (AvgIpc) is 1.40. The van der Waals surface area contributed by atoms with Crippen molar-refractivity contribution in [1.82, 2.24) is 29.9 Å². The highest BCUT2D eigenvalue weighted by Crippen LogP contribution is 2.97. The number of sulfonamides is 1. The van der Waals surface area contributed by atoms with Gasteiger partial charge < -0.3 is 14.9 Å². The monoisotopic (exact) mass is 1310 g/mol. The van der Waals surface area contributed by atoms with Crippen LogP contribution in [0.25, 0.3) is 22.0 Å². The van der Waals surface area contributed by atoms with Gasteiger partial charge in [0, 0.05) is 51.8 Å². The summed E-state index contributed by atoms with van der Waals surface area (Å²) in [5.41, 5.74) is -11.9. The topological polar surface area (TPSA) is 270 Å². The van der Waals surface area contributed by atoms with Gasteiger partial charge in [-0.15, -0.1) is 0 Å². The summed E-state index contributed by atoms with van der Waals surface area (Å²) in [7, 11) is -14.5. The molecule has 3 aromatic heterocycles. The molecule has 3 heterocycles. The number of phosphoric ester groups is 1. The minimum absolute atomic E-state index is 0.0248. The number of carboxylic acids is 1. The SMILES string of the molecule is Cc1cc(CC(=O)O)c(C(C)(C)CC(=O)N(c2nn(CC(F)(F)F)c3c(-c4ccc(C#CC(C)(C)S(C)(=O)=O)nc4[C@H](Cc4cc(F)cc(F)c4)NC(=O)Cn4nc(C(F)(F)F)c5c4C(F)(F)C46CC54C6)ccc(Cl)c23)S(C)(=O)=O)c(OP(=O)(O)O)c1. The number of anilines is 1. The molecule has 2 saturated carbocycles. The van der Waals surface area contributed by atoms with Gasteiger partial charge in [-0.1, -0.05) is 43.5 Å². The maximum atomic E-state index is 16.2. The van der Waals surface area contributed by atoms with Crippen LogP contribution in [-0.2, 0) is 87.7 Å². The highest BCUT2D eigenvalue weighted by Gasteiger charge is 2.98. The number of amides is 2. The van der Waals surface area contributed by atoms with E-state index in [1.807, 2.05) is 0 Å². The lowest BCUT2D eigenvalue weighted by Crippen LogP contribution is -2.40. The zero-order valence-corrected chi connectivity index (χ0v) is 49.6. The Labute approximate surface area is 493 Å². The average molecular weight is 1310 g/mol. The van der Waals surface area contributed by atoms with Crippen LogP contribution in [0.5, 0.6) is 5.75 Å². The van der Waals surface area contributed by atoms with Gasteiger partial charge in [0.05, 0.1) is 45.8 Å². The first-order valence-electron chi connectivity index (χ1n) is 25.7. The number of halogens is 11. The Kier molecular flexibility index (Phi) is 15.6. The molecule has 0 aliphatic heterocycles. The number of benzene rings is 3. The standard InChI is InChI=1S/C54H49ClF10N7O12PS2/c1-26-14-28(19-39(75)76)41(36(15-26)84-85(77,78)79)48(2,3)21-38(74)72(87(7,82)83)47-40-34(55)11-10-33(44(40)71(69-47)25-52(58,59)60)32-9-8-31(12-13-49(4,5)86(6,80)81)66-43(32)35(18-27-16-29(56)20-30(57)17-27)67-37(73)22-70-46-42(45(68-70)54(63,64)65)50-23-51(50,24-50)53(46,61)62/h8-11,14-17,20,35H,18-19,21-25H2,1-7H3,(H,67,73)(H,75,76)(H2,77,78,79)/t35-,50?,51?/m0/s1. The number of nitrogens with one attached hydrogen (secondary N) is 1. The van der Waals surface area contributed by atoms with Crippen LogP contribution in [0.15, 0.2) is 54.6 Å². The van der Waals surface area contributed by atoms with Gasteiger partial charge >= 0.3 is 26.1 Å².